The van der Waals surface area contributed by atoms with Crippen LogP contribution in [-0.2, 0) is 4.79 Å². The molecular weight excluding hydrogens is 118 g/mol. The quantitative estimate of drug-likeness (QED) is 0.434. The maximum Gasteiger partial charge on any atom is 0.323 e. The van der Waals surface area contributed by atoms with Crippen LogP contribution in [0.1, 0.15) is 6.92 Å². The van der Waals surface area contributed by atoms with Gasteiger partial charge in [0.25, 0.3) is 0 Å². The number of hydrogen-bond donors (Lipinski definition) is 3. The van der Waals surface area contributed by atoms with E-state index in [-0.39, 0.29) is 0 Å². The smallest absolute Gasteiger partial charge is 0.323 e. The highest BCUT2D eigenvalue weighted by Crippen LogP contribution is 1.85. The van der Waals surface area contributed by atoms with E-state index in [1.165, 1.54) is 6.92 Å². The lowest BCUT2D eigenvalue weighted by Gasteiger charge is -2.06. The van der Waals surface area contributed by atoms with Crippen LogP contribution in [0.5, 0.6) is 0 Å². The number of carboxylic acid groups (broad SMARTS) is 1. The monoisotopic (exact) mass is 127 g/mol. The van der Waals surface area contributed by atoms with E-state index >= 15 is 0 Å². The van der Waals surface area contributed by atoms with E-state index in [4.69, 9.17) is 15.9 Å². The van der Waals surface area contributed by atoms with Gasteiger partial charge in [-0.3, -0.25) is 4.79 Å². The number of aliphatic hydroxyl groups is 1. The van der Waals surface area contributed by atoms with Crippen LogP contribution in [0.3, 0.4) is 0 Å². The van der Waals surface area contributed by atoms with Crippen molar-refractivity contribution < 1.29 is 15.0 Å². The molecule has 0 heterocycles. The lowest BCUT2D eigenvalue weighted by atomic mass is 12.0. The van der Waals surface area contributed by atoms with Gasteiger partial charge < -0.3 is 15.9 Å². The van der Waals surface area contributed by atoms with Crippen LogP contribution in [-0.4, -0.2) is 28.3 Å². The summed E-state index contributed by atoms with van der Waals surface area (Å²) in [5.41, 5.74) is 4.91. The van der Waals surface area contributed by atoms with Crippen molar-refractivity contribution in [3.63, 3.8) is 0 Å². The lowest BCUT2D eigenvalue weighted by molar-refractivity contribution is -0.140. The summed E-state index contributed by atoms with van der Waals surface area (Å²) in [6, 6.07) is -1.16. The molecule has 0 bridgehead atoms. The number of nitrogens with two attached hydrogens (primary N) is 1. The molecule has 0 aliphatic rings. The standard InChI is InChI=1S/C4H9NO3/c1-2(6)3(5)4(7)8/h2-3,6H,5H2,1H3,(H,7,8)/i1+2,2+2,3+2,4+2. The average Bonchev–Trinajstić information content (AvgIpc) is 1.64. The number of carbonyl (C=O) groups is 1. The normalized spacial score (nSPS) is 17.4. The van der Waals surface area contributed by atoms with Crippen molar-refractivity contribution in [2.45, 2.75) is 19.1 Å². The third-order valence-electron chi connectivity index (χ3n) is 0.805. The highest BCUT2D eigenvalue weighted by molar-refractivity contribution is 5.73. The van der Waals surface area contributed by atoms with Crippen molar-refractivity contribution in [2.24, 2.45) is 5.73 Å². The van der Waals surface area contributed by atoms with Crippen LogP contribution in [0.2, 0.25) is 0 Å². The van der Waals surface area contributed by atoms with Gasteiger partial charge >= 0.3 is 5.97 Å². The molecule has 2 atom stereocenters. The molecule has 2 unspecified atom stereocenters. The fourth-order valence-corrected chi connectivity index (χ4v) is 0.206. The van der Waals surface area contributed by atoms with Gasteiger partial charge in [0.2, 0.25) is 0 Å². The van der Waals surface area contributed by atoms with Crippen LogP contribution < -0.4 is 5.73 Å². The molecule has 0 spiro atoms. The van der Waals surface area contributed by atoms with Gasteiger partial charge in [-0.05, 0) is 6.92 Å². The second-order valence-corrected chi connectivity index (χ2v) is 1.60. The van der Waals surface area contributed by atoms with Gasteiger partial charge in [-0.2, -0.15) is 0 Å². The molecule has 48 valence electrons. The van der Waals surface area contributed by atoms with Crippen LogP contribution >= 0.6 is 0 Å². The number of aliphatic hydroxyl groups excluding tert-OH is 1. The molecular formula is C4H9NO3. The number of hydrogen-bond acceptors (Lipinski definition) is 3. The zero-order valence-electron chi connectivity index (χ0n) is 4.53. The third kappa shape index (κ3) is 1.90. The Bertz CT molecular complexity index is 91.3. The van der Waals surface area contributed by atoms with Gasteiger partial charge in [-0.25, -0.2) is 0 Å². The molecule has 0 aromatic rings. The third-order valence-corrected chi connectivity index (χ3v) is 0.805. The molecule has 0 rings (SSSR count). The second-order valence-electron chi connectivity index (χ2n) is 1.60. The van der Waals surface area contributed by atoms with Gasteiger partial charge in [-0.15, -0.1) is 0 Å². The molecule has 0 aromatic carbocycles. The molecule has 8 heavy (non-hydrogen) atoms. The molecule has 0 saturated carbocycles. The highest BCUT2D eigenvalue weighted by atomic mass is 16.7. The molecule has 0 aliphatic carbocycles. The minimum Gasteiger partial charge on any atom is -0.480 e. The Morgan fingerprint density at radius 2 is 2.12 bits per heavy atom. The molecule has 0 amide bonds. The van der Waals surface area contributed by atoms with Gasteiger partial charge in [0.1, 0.15) is 6.04 Å². The summed E-state index contributed by atoms with van der Waals surface area (Å²) >= 11 is 0. The summed E-state index contributed by atoms with van der Waals surface area (Å²) in [6.45, 7) is 1.33. The summed E-state index contributed by atoms with van der Waals surface area (Å²) in [7, 11) is 0. The number of rotatable bonds is 2. The predicted octanol–water partition coefficient (Wildman–Crippen LogP) is -1.22. The zero-order valence-corrected chi connectivity index (χ0v) is 4.53. The fraction of sp³-hybridized carbons (Fsp3) is 0.750. The molecule has 0 saturated heterocycles. The summed E-state index contributed by atoms with van der Waals surface area (Å²) < 4.78 is 0. The Morgan fingerprint density at radius 1 is 1.75 bits per heavy atom. The van der Waals surface area contributed by atoms with Crippen molar-refractivity contribution in [2.75, 3.05) is 0 Å². The van der Waals surface area contributed by atoms with Crippen molar-refractivity contribution in [3.05, 3.63) is 0 Å². The van der Waals surface area contributed by atoms with Crippen molar-refractivity contribution in [1.29, 1.82) is 0 Å². The Balaban J connectivity index is 3.64. The van der Waals surface area contributed by atoms with E-state index in [2.05, 4.69) is 0 Å². The molecule has 4 nitrogen and oxygen atoms in total. The van der Waals surface area contributed by atoms with Crippen LogP contribution in [0.25, 0.3) is 0 Å². The van der Waals surface area contributed by atoms with E-state index in [1.54, 1.807) is 0 Å². The maximum absolute atomic E-state index is 9.86. The maximum atomic E-state index is 9.86. The van der Waals surface area contributed by atoms with Crippen molar-refractivity contribution >= 4 is 5.97 Å². The highest BCUT2D eigenvalue weighted by Gasteiger charge is 2.16. The average molecular weight is 127 g/mol. The first-order valence-corrected chi connectivity index (χ1v) is 2.22. The predicted molar refractivity (Wildman–Crippen MR) is 27.3 cm³/mol. The summed E-state index contributed by atoms with van der Waals surface area (Å²) in [5.74, 6) is -1.18. The largest absolute Gasteiger partial charge is 0.480 e. The van der Waals surface area contributed by atoms with E-state index < -0.39 is 18.1 Å². The second kappa shape index (κ2) is 2.64. The van der Waals surface area contributed by atoms with Crippen molar-refractivity contribution in [1.82, 2.24) is 0 Å². The molecule has 0 aliphatic heterocycles. The molecule has 0 fully saturated rings. The van der Waals surface area contributed by atoms with Gasteiger partial charge in [0.15, 0.2) is 0 Å². The number of aliphatic carboxylic acids is 1. The first kappa shape index (κ1) is 7.39. The topological polar surface area (TPSA) is 83.5 Å². The van der Waals surface area contributed by atoms with E-state index in [9.17, 15) is 4.79 Å². The summed E-state index contributed by atoms with van der Waals surface area (Å²) in [6.07, 6.45) is -0.979. The zero-order chi connectivity index (χ0) is 6.73. The number of carboxylic acids is 1. The summed E-state index contributed by atoms with van der Waals surface area (Å²) in [4.78, 5) is 9.86. The Morgan fingerprint density at radius 3 is 2.12 bits per heavy atom. The Hall–Kier alpha value is -0.610. The Labute approximate surface area is 46.9 Å². The first-order chi connectivity index (χ1) is 3.55. The molecule has 4 N–H and O–H groups in total. The Kier molecular flexibility index (Phi) is 2.44. The summed E-state index contributed by atoms with van der Waals surface area (Å²) in [5, 5.41) is 16.6. The molecule has 0 radical (unpaired) electrons. The molecule has 0 aromatic heterocycles. The minimum absolute atomic E-state index is 0.979. The first-order valence-electron chi connectivity index (χ1n) is 2.22. The van der Waals surface area contributed by atoms with Gasteiger partial charge in [0, 0.05) is 0 Å². The lowest BCUT2D eigenvalue weighted by Crippen LogP contribution is -2.39. The molecule has 4 heteroatoms. The fourth-order valence-electron chi connectivity index (χ4n) is 0.206. The van der Waals surface area contributed by atoms with Crippen LogP contribution in [0.4, 0.5) is 0 Å². The van der Waals surface area contributed by atoms with Crippen molar-refractivity contribution in [3.8, 4) is 0 Å². The van der Waals surface area contributed by atoms with Crippen LogP contribution in [0.15, 0.2) is 0 Å². The van der Waals surface area contributed by atoms with E-state index in [1.807, 2.05) is 0 Å². The SMILES string of the molecule is [14CH3][14CH](O)[14CH](N)[14C](=O)O. The van der Waals surface area contributed by atoms with E-state index in [0.29, 0.717) is 0 Å². The van der Waals surface area contributed by atoms with Gasteiger partial charge in [-0.1, -0.05) is 0 Å². The van der Waals surface area contributed by atoms with Crippen LogP contribution in [0, 0.1) is 0 Å². The minimum atomic E-state index is -1.18. The van der Waals surface area contributed by atoms with Gasteiger partial charge in [0.05, 0.1) is 6.10 Å². The van der Waals surface area contributed by atoms with E-state index in [0.717, 1.165) is 0 Å².